The van der Waals surface area contributed by atoms with Crippen LogP contribution in [-0.4, -0.2) is 35.5 Å². The van der Waals surface area contributed by atoms with Crippen LogP contribution < -0.4 is 10.6 Å². The van der Waals surface area contributed by atoms with Gasteiger partial charge in [-0.25, -0.2) is 0 Å². The summed E-state index contributed by atoms with van der Waals surface area (Å²) in [6, 6.07) is 8.18. The number of carbonyl (C=O) groups is 2. The van der Waals surface area contributed by atoms with Crippen LogP contribution in [0.25, 0.3) is 0 Å². The van der Waals surface area contributed by atoms with E-state index in [2.05, 4.69) is 15.5 Å². The van der Waals surface area contributed by atoms with E-state index in [0.717, 1.165) is 49.8 Å². The highest BCUT2D eigenvalue weighted by atomic mass is 16.2. The van der Waals surface area contributed by atoms with Crippen molar-refractivity contribution in [1.29, 1.82) is 0 Å². The molecule has 1 spiro atoms. The Morgan fingerprint density at radius 3 is 2.61 bits per heavy atom. The lowest BCUT2D eigenvalue weighted by molar-refractivity contribution is -0.144. The number of nitrogens with zero attached hydrogens (tertiary/aromatic N) is 1. The maximum absolute atomic E-state index is 13.3. The fourth-order valence-electron chi connectivity index (χ4n) is 6.36. The third-order valence-corrected chi connectivity index (χ3v) is 7.93. The first kappa shape index (κ1) is 18.0. The minimum atomic E-state index is -0.380. The lowest BCUT2D eigenvalue weighted by Crippen LogP contribution is -2.68. The molecular weight excluding hydrogens is 350 g/mol. The highest BCUT2D eigenvalue weighted by molar-refractivity contribution is 6.02. The molecular formula is C23H31N3O2. The zero-order valence-corrected chi connectivity index (χ0v) is 16.7. The first-order valence-electron chi connectivity index (χ1n) is 11.0. The van der Waals surface area contributed by atoms with Gasteiger partial charge in [0.1, 0.15) is 5.66 Å². The number of hydrogen-bond acceptors (Lipinski definition) is 3. The van der Waals surface area contributed by atoms with Crippen LogP contribution in [0, 0.1) is 17.8 Å². The molecule has 1 aromatic rings. The SMILES string of the molecule is CN(C(=O)[C@@H]1C[C@@H]2CC[C@@H]1C[C@@]21NC(=O)c2ccccc2N1)C1CCCCC1. The first-order chi connectivity index (χ1) is 13.6. The van der Waals surface area contributed by atoms with E-state index in [1.807, 2.05) is 31.3 Å². The molecule has 5 heteroatoms. The van der Waals surface area contributed by atoms with Gasteiger partial charge in [-0.05, 0) is 56.6 Å². The van der Waals surface area contributed by atoms with E-state index in [9.17, 15) is 9.59 Å². The number of anilines is 1. The van der Waals surface area contributed by atoms with Crippen molar-refractivity contribution in [3.63, 3.8) is 0 Å². The zero-order chi connectivity index (χ0) is 19.3. The van der Waals surface area contributed by atoms with E-state index < -0.39 is 0 Å². The molecule has 4 aliphatic carbocycles. The molecule has 6 rings (SSSR count). The molecule has 2 amide bonds. The summed E-state index contributed by atoms with van der Waals surface area (Å²) < 4.78 is 0. The Kier molecular flexibility index (Phi) is 4.37. The van der Waals surface area contributed by atoms with Gasteiger partial charge in [0.2, 0.25) is 5.91 Å². The molecule has 1 aromatic carbocycles. The Labute approximate surface area is 167 Å². The average Bonchev–Trinajstić information content (AvgIpc) is 2.73. The van der Waals surface area contributed by atoms with Gasteiger partial charge in [-0.15, -0.1) is 0 Å². The van der Waals surface area contributed by atoms with Crippen molar-refractivity contribution in [2.24, 2.45) is 17.8 Å². The molecule has 1 heterocycles. The number of para-hydroxylation sites is 1. The summed E-state index contributed by atoms with van der Waals surface area (Å²) >= 11 is 0. The number of rotatable bonds is 2. The molecule has 5 nitrogen and oxygen atoms in total. The highest BCUT2D eigenvalue weighted by Crippen LogP contribution is 2.52. The van der Waals surface area contributed by atoms with Crippen LogP contribution >= 0.6 is 0 Å². The third kappa shape index (κ3) is 2.82. The lowest BCUT2D eigenvalue weighted by atomic mass is 9.58. The van der Waals surface area contributed by atoms with Crippen LogP contribution in [0.5, 0.6) is 0 Å². The topological polar surface area (TPSA) is 61.4 Å². The van der Waals surface area contributed by atoms with E-state index in [-0.39, 0.29) is 17.5 Å². The summed E-state index contributed by atoms with van der Waals surface area (Å²) in [6.07, 6.45) is 10.0. The van der Waals surface area contributed by atoms with Crippen molar-refractivity contribution < 1.29 is 9.59 Å². The second-order valence-electron chi connectivity index (χ2n) is 9.42. The Balaban J connectivity index is 1.34. The number of hydrogen-bond donors (Lipinski definition) is 2. The smallest absolute Gasteiger partial charge is 0.255 e. The van der Waals surface area contributed by atoms with Crippen molar-refractivity contribution in [3.8, 4) is 0 Å². The van der Waals surface area contributed by atoms with Gasteiger partial charge < -0.3 is 15.5 Å². The van der Waals surface area contributed by atoms with Crippen molar-refractivity contribution in [3.05, 3.63) is 29.8 Å². The molecule has 4 atom stereocenters. The fraction of sp³-hybridized carbons (Fsp3) is 0.652. The number of fused-ring (bicyclic) bond motifs is 3. The molecule has 0 aromatic heterocycles. The molecule has 1 aliphatic heterocycles. The summed E-state index contributed by atoms with van der Waals surface area (Å²) in [7, 11) is 2.02. The van der Waals surface area contributed by atoms with E-state index in [1.165, 1.54) is 19.3 Å². The van der Waals surface area contributed by atoms with Gasteiger partial charge in [0.05, 0.1) is 5.56 Å². The van der Waals surface area contributed by atoms with Gasteiger partial charge in [0.15, 0.2) is 0 Å². The maximum Gasteiger partial charge on any atom is 0.255 e. The second-order valence-corrected chi connectivity index (χ2v) is 9.42. The van der Waals surface area contributed by atoms with Gasteiger partial charge in [-0.2, -0.15) is 0 Å². The lowest BCUT2D eigenvalue weighted by Gasteiger charge is -2.57. The van der Waals surface area contributed by atoms with Gasteiger partial charge in [0, 0.05) is 30.6 Å². The standard InChI is InChI=1S/C23H31N3O2/c1-26(17-7-3-2-4-8-17)22(28)19-13-16-12-11-15(19)14-23(16)24-20-10-6-5-9-18(20)21(27)25-23/h5-6,9-10,15-17,19,24H,2-4,7-8,11-14H2,1H3,(H,25,27)/t15-,16+,19-,23-/m1/s1. The number of carbonyl (C=O) groups excluding carboxylic acids is 2. The quantitative estimate of drug-likeness (QED) is 0.820. The summed E-state index contributed by atoms with van der Waals surface area (Å²) in [5, 5.41) is 6.97. The van der Waals surface area contributed by atoms with Crippen molar-refractivity contribution in [2.75, 3.05) is 12.4 Å². The molecule has 2 bridgehead atoms. The van der Waals surface area contributed by atoms with E-state index in [1.54, 1.807) is 0 Å². The van der Waals surface area contributed by atoms with Gasteiger partial charge in [-0.3, -0.25) is 9.59 Å². The Morgan fingerprint density at radius 2 is 1.86 bits per heavy atom. The Bertz CT molecular complexity index is 788. The molecule has 0 unspecified atom stereocenters. The van der Waals surface area contributed by atoms with Gasteiger partial charge in [0.25, 0.3) is 5.91 Å². The predicted molar refractivity (Wildman–Crippen MR) is 109 cm³/mol. The van der Waals surface area contributed by atoms with Crippen LogP contribution in [-0.2, 0) is 4.79 Å². The summed E-state index contributed by atoms with van der Waals surface area (Å²) in [4.78, 5) is 28.1. The minimum absolute atomic E-state index is 0.0177. The largest absolute Gasteiger partial charge is 0.362 e. The molecule has 0 saturated heterocycles. The van der Waals surface area contributed by atoms with Gasteiger partial charge in [-0.1, -0.05) is 31.4 Å². The molecule has 28 heavy (non-hydrogen) atoms. The predicted octanol–water partition coefficient (Wildman–Crippen LogP) is 3.77. The summed E-state index contributed by atoms with van der Waals surface area (Å²) in [6.45, 7) is 0. The number of amides is 2. The molecule has 0 radical (unpaired) electrons. The van der Waals surface area contributed by atoms with Crippen molar-refractivity contribution >= 4 is 17.5 Å². The van der Waals surface area contributed by atoms with E-state index in [4.69, 9.17) is 0 Å². The fourth-order valence-corrected chi connectivity index (χ4v) is 6.36. The van der Waals surface area contributed by atoms with Crippen LogP contribution in [0.2, 0.25) is 0 Å². The third-order valence-electron chi connectivity index (χ3n) is 7.93. The summed E-state index contributed by atoms with van der Waals surface area (Å²) in [5.74, 6) is 1.14. The Hall–Kier alpha value is -2.04. The molecule has 2 N–H and O–H groups in total. The second kappa shape index (κ2) is 6.78. The van der Waals surface area contributed by atoms with E-state index >= 15 is 0 Å². The first-order valence-corrected chi connectivity index (χ1v) is 11.0. The number of nitrogens with one attached hydrogen (secondary N) is 2. The van der Waals surface area contributed by atoms with Crippen LogP contribution in [0.4, 0.5) is 5.69 Å². The van der Waals surface area contributed by atoms with Crippen molar-refractivity contribution in [2.45, 2.75) is 69.5 Å². The van der Waals surface area contributed by atoms with Gasteiger partial charge >= 0.3 is 0 Å². The summed E-state index contributed by atoms with van der Waals surface area (Å²) in [5.41, 5.74) is 1.27. The minimum Gasteiger partial charge on any atom is -0.362 e. The van der Waals surface area contributed by atoms with Crippen LogP contribution in [0.15, 0.2) is 24.3 Å². The normalized spacial score (nSPS) is 34.5. The average molecular weight is 382 g/mol. The Morgan fingerprint density at radius 1 is 1.07 bits per heavy atom. The zero-order valence-electron chi connectivity index (χ0n) is 16.7. The molecule has 150 valence electrons. The highest BCUT2D eigenvalue weighted by Gasteiger charge is 2.55. The monoisotopic (exact) mass is 381 g/mol. The number of benzene rings is 1. The van der Waals surface area contributed by atoms with Crippen LogP contribution in [0.3, 0.4) is 0 Å². The van der Waals surface area contributed by atoms with Crippen molar-refractivity contribution in [1.82, 2.24) is 10.2 Å². The van der Waals surface area contributed by atoms with E-state index in [0.29, 0.717) is 23.8 Å². The van der Waals surface area contributed by atoms with Crippen LogP contribution in [0.1, 0.15) is 68.1 Å². The molecule has 4 fully saturated rings. The molecule has 5 aliphatic rings. The maximum atomic E-state index is 13.3. The molecule has 4 saturated carbocycles.